The second kappa shape index (κ2) is 8.21. The number of hydrogen-bond donors (Lipinski definition) is 1. The molecule has 1 aromatic rings. The molecule has 1 N–H and O–H groups in total. The monoisotopic (exact) mass is 277 g/mol. The molecule has 3 nitrogen and oxygen atoms in total. The van der Waals surface area contributed by atoms with Gasteiger partial charge in [0.1, 0.15) is 10.7 Å². The Balaban J connectivity index is 0. The minimum atomic E-state index is -3.73. The van der Waals surface area contributed by atoms with Crippen LogP contribution in [0.1, 0.15) is 42.0 Å². The lowest BCUT2D eigenvalue weighted by molar-refractivity contribution is 0.539. The van der Waals surface area contributed by atoms with E-state index in [2.05, 4.69) is 18.6 Å². The third-order valence-electron chi connectivity index (χ3n) is 2.09. The van der Waals surface area contributed by atoms with E-state index in [9.17, 15) is 12.8 Å². The lowest BCUT2D eigenvalue weighted by Gasteiger charge is -2.12. The topological polar surface area (TPSA) is 46.2 Å². The highest BCUT2D eigenvalue weighted by Crippen LogP contribution is 2.13. The fourth-order valence-electron chi connectivity index (χ4n) is 1.07. The van der Waals surface area contributed by atoms with Crippen LogP contribution in [-0.4, -0.2) is 14.5 Å². The van der Waals surface area contributed by atoms with Gasteiger partial charge in [0, 0.05) is 7.47 Å². The van der Waals surface area contributed by atoms with E-state index < -0.39 is 15.8 Å². The SMILES string of the molecule is CCC.CC[C@H](C)NS(=O)(=O)c1ccccc1F.[HH]. The first-order valence-corrected chi connectivity index (χ1v) is 7.64. The Hall–Kier alpha value is -0.940. The zero-order chi connectivity index (χ0) is 14.2. The van der Waals surface area contributed by atoms with Crippen LogP contribution in [0.5, 0.6) is 0 Å². The predicted molar refractivity (Wildman–Crippen MR) is 74.6 cm³/mol. The molecule has 0 aliphatic heterocycles. The van der Waals surface area contributed by atoms with E-state index in [1.165, 1.54) is 24.6 Å². The molecule has 0 saturated heterocycles. The van der Waals surface area contributed by atoms with Crippen LogP contribution in [0.25, 0.3) is 0 Å². The van der Waals surface area contributed by atoms with Crippen LogP contribution in [0.15, 0.2) is 29.2 Å². The Morgan fingerprint density at radius 3 is 2.22 bits per heavy atom. The molecule has 1 rings (SSSR count). The molecule has 0 aliphatic rings. The number of rotatable bonds is 4. The predicted octanol–water partition coefficient (Wildman–Crippen LogP) is 3.56. The molecule has 0 unspecified atom stereocenters. The van der Waals surface area contributed by atoms with Crippen molar-refractivity contribution in [3.63, 3.8) is 0 Å². The van der Waals surface area contributed by atoms with Crippen LogP contribution in [-0.2, 0) is 10.0 Å². The van der Waals surface area contributed by atoms with Gasteiger partial charge >= 0.3 is 0 Å². The zero-order valence-electron chi connectivity index (χ0n) is 11.4. The van der Waals surface area contributed by atoms with Gasteiger partial charge < -0.3 is 0 Å². The zero-order valence-corrected chi connectivity index (χ0v) is 12.2. The number of hydrogen-bond acceptors (Lipinski definition) is 2. The van der Waals surface area contributed by atoms with Gasteiger partial charge in [-0.3, -0.25) is 0 Å². The summed E-state index contributed by atoms with van der Waals surface area (Å²) < 4.78 is 39.0. The van der Waals surface area contributed by atoms with Gasteiger partial charge in [0.05, 0.1) is 0 Å². The lowest BCUT2D eigenvalue weighted by atomic mass is 10.3. The Morgan fingerprint density at radius 2 is 1.78 bits per heavy atom. The van der Waals surface area contributed by atoms with Gasteiger partial charge in [0.15, 0.2) is 0 Å². The van der Waals surface area contributed by atoms with E-state index in [-0.39, 0.29) is 12.4 Å². The van der Waals surface area contributed by atoms with E-state index in [4.69, 9.17) is 0 Å². The Bertz CT molecular complexity index is 452. The van der Waals surface area contributed by atoms with Gasteiger partial charge in [-0.2, -0.15) is 0 Å². The number of sulfonamides is 1. The van der Waals surface area contributed by atoms with Crippen molar-refractivity contribution in [2.24, 2.45) is 0 Å². The molecular formula is C13H24FNO2S. The van der Waals surface area contributed by atoms with Crippen LogP contribution in [0.3, 0.4) is 0 Å². The van der Waals surface area contributed by atoms with Crippen molar-refractivity contribution in [3.8, 4) is 0 Å². The lowest BCUT2D eigenvalue weighted by Crippen LogP contribution is -2.32. The molecule has 0 aliphatic carbocycles. The molecule has 18 heavy (non-hydrogen) atoms. The van der Waals surface area contributed by atoms with Crippen molar-refractivity contribution in [3.05, 3.63) is 30.1 Å². The molecule has 0 heterocycles. The molecule has 0 amide bonds. The number of nitrogens with one attached hydrogen (secondary N) is 1. The van der Waals surface area contributed by atoms with Gasteiger partial charge in [-0.05, 0) is 25.5 Å². The molecule has 1 atom stereocenters. The van der Waals surface area contributed by atoms with Crippen molar-refractivity contribution in [1.29, 1.82) is 0 Å². The molecule has 0 saturated carbocycles. The highest BCUT2D eigenvalue weighted by atomic mass is 32.2. The first-order valence-electron chi connectivity index (χ1n) is 6.15. The van der Waals surface area contributed by atoms with E-state index in [1.807, 2.05) is 6.92 Å². The Morgan fingerprint density at radius 1 is 1.28 bits per heavy atom. The summed E-state index contributed by atoms with van der Waals surface area (Å²) in [5.74, 6) is -0.728. The average molecular weight is 277 g/mol. The molecule has 106 valence electrons. The van der Waals surface area contributed by atoms with E-state index in [0.29, 0.717) is 6.42 Å². The second-order valence-corrected chi connectivity index (χ2v) is 5.75. The summed E-state index contributed by atoms with van der Waals surface area (Å²) >= 11 is 0. The van der Waals surface area contributed by atoms with Gasteiger partial charge in [-0.15, -0.1) is 0 Å². The largest absolute Gasteiger partial charge is 0.243 e. The van der Waals surface area contributed by atoms with Crippen LogP contribution in [0, 0.1) is 5.82 Å². The van der Waals surface area contributed by atoms with Crippen LogP contribution in [0.2, 0.25) is 0 Å². The maximum absolute atomic E-state index is 13.2. The summed E-state index contributed by atoms with van der Waals surface area (Å²) in [6.07, 6.45) is 1.91. The minimum absolute atomic E-state index is 0. The highest BCUT2D eigenvalue weighted by molar-refractivity contribution is 7.89. The smallest absolute Gasteiger partial charge is 0.208 e. The van der Waals surface area contributed by atoms with Crippen LogP contribution >= 0.6 is 0 Å². The van der Waals surface area contributed by atoms with Crippen molar-refractivity contribution in [2.75, 3.05) is 0 Å². The summed E-state index contributed by atoms with van der Waals surface area (Å²) in [6.45, 7) is 7.84. The van der Waals surface area contributed by atoms with E-state index >= 15 is 0 Å². The van der Waals surface area contributed by atoms with Gasteiger partial charge in [0.2, 0.25) is 10.0 Å². The van der Waals surface area contributed by atoms with Crippen LogP contribution < -0.4 is 4.72 Å². The molecule has 0 spiro atoms. The molecule has 5 heteroatoms. The van der Waals surface area contributed by atoms with Crippen molar-refractivity contribution in [1.82, 2.24) is 4.72 Å². The summed E-state index contributed by atoms with van der Waals surface area (Å²) in [5.41, 5.74) is 0. The standard InChI is InChI=1S/C10H14FNO2S.C3H8.H2/c1-3-8(2)12-15(13,14)10-7-5-4-6-9(10)11;1-3-2;/h4-8,12H,3H2,1-2H3;3H2,1-2H3;1H/t8-;;/m0../s1. The Kier molecular flexibility index (Phi) is 7.78. The quantitative estimate of drug-likeness (QED) is 0.914. The first-order chi connectivity index (χ1) is 8.38. The van der Waals surface area contributed by atoms with E-state index in [0.717, 1.165) is 6.07 Å². The van der Waals surface area contributed by atoms with Crippen molar-refractivity contribution >= 4 is 10.0 Å². The molecule has 0 fully saturated rings. The molecular weight excluding hydrogens is 253 g/mol. The van der Waals surface area contributed by atoms with Crippen molar-refractivity contribution < 1.29 is 14.2 Å². The number of halogens is 1. The van der Waals surface area contributed by atoms with Gasteiger partial charge in [0.25, 0.3) is 0 Å². The second-order valence-electron chi connectivity index (χ2n) is 4.07. The maximum atomic E-state index is 13.2. The summed E-state index contributed by atoms with van der Waals surface area (Å²) in [5, 5.41) is 0. The first kappa shape index (κ1) is 17.1. The van der Waals surface area contributed by atoms with Crippen LogP contribution in [0.4, 0.5) is 4.39 Å². The molecule has 0 aromatic heterocycles. The fraction of sp³-hybridized carbons (Fsp3) is 0.538. The molecule has 0 radical (unpaired) electrons. The molecule has 1 aromatic carbocycles. The highest BCUT2D eigenvalue weighted by Gasteiger charge is 2.19. The van der Waals surface area contributed by atoms with Gasteiger partial charge in [-0.1, -0.05) is 39.3 Å². The third-order valence-corrected chi connectivity index (χ3v) is 3.72. The number of benzene rings is 1. The fourth-order valence-corrected chi connectivity index (χ4v) is 2.48. The Labute approximate surface area is 111 Å². The summed E-state index contributed by atoms with van der Waals surface area (Å²) in [4.78, 5) is -0.301. The van der Waals surface area contributed by atoms with Gasteiger partial charge in [-0.25, -0.2) is 17.5 Å². The maximum Gasteiger partial charge on any atom is 0.243 e. The summed E-state index contributed by atoms with van der Waals surface area (Å²) in [6, 6.07) is 5.13. The average Bonchev–Trinajstić information content (AvgIpc) is 2.29. The minimum Gasteiger partial charge on any atom is -0.208 e. The van der Waals surface area contributed by atoms with E-state index in [1.54, 1.807) is 6.92 Å². The third kappa shape index (κ3) is 5.60. The summed E-state index contributed by atoms with van der Waals surface area (Å²) in [7, 11) is -3.73. The normalized spacial score (nSPS) is 12.5. The van der Waals surface area contributed by atoms with Crippen molar-refractivity contribution in [2.45, 2.75) is 51.5 Å². The molecule has 0 bridgehead atoms.